The molecule has 0 aliphatic carbocycles. The predicted molar refractivity (Wildman–Crippen MR) is 171 cm³/mol. The number of hydrogen-bond acceptors (Lipinski definition) is 6. The maximum absolute atomic E-state index is 11.5. The minimum absolute atomic E-state index is 0. The van der Waals surface area contributed by atoms with Crippen molar-refractivity contribution in [3.63, 3.8) is 0 Å². The second-order valence-corrected chi connectivity index (χ2v) is 10.1. The molecular formula is C36H36AlN3O3. The van der Waals surface area contributed by atoms with E-state index < -0.39 is 0 Å². The summed E-state index contributed by atoms with van der Waals surface area (Å²) < 4.78 is 0. The summed E-state index contributed by atoms with van der Waals surface area (Å²) in [6.45, 7) is 6.40. The van der Waals surface area contributed by atoms with E-state index in [4.69, 9.17) is 0 Å². The molecule has 7 heteroatoms. The van der Waals surface area contributed by atoms with Gasteiger partial charge in [-0.05, 0) is 54.2 Å². The van der Waals surface area contributed by atoms with E-state index in [1.54, 1.807) is 36.8 Å². The Morgan fingerprint density at radius 2 is 0.721 bits per heavy atom. The standard InChI is InChI=1S/3C12H13NO.Al/c3*1-2-4-9-6-7-11(14)12-10(9)5-3-8-13-12;/h3*3,5-8,14H,2,4H2,1H3;/q;;;+3/p-3. The smallest absolute Gasteiger partial charge is 0.871 e. The van der Waals surface area contributed by atoms with E-state index in [-0.39, 0.29) is 34.6 Å². The number of rotatable bonds is 6. The molecule has 0 saturated carbocycles. The molecule has 216 valence electrons. The van der Waals surface area contributed by atoms with Gasteiger partial charge in [0.15, 0.2) is 0 Å². The number of pyridine rings is 3. The van der Waals surface area contributed by atoms with Crippen LogP contribution in [0.3, 0.4) is 0 Å². The number of benzene rings is 3. The van der Waals surface area contributed by atoms with Crippen molar-refractivity contribution in [2.24, 2.45) is 0 Å². The Kier molecular flexibility index (Phi) is 12.8. The molecule has 0 fully saturated rings. The first-order chi connectivity index (χ1) is 20.5. The van der Waals surface area contributed by atoms with E-state index in [1.807, 2.05) is 54.6 Å². The van der Waals surface area contributed by atoms with Gasteiger partial charge in [0.1, 0.15) is 0 Å². The second-order valence-electron chi connectivity index (χ2n) is 10.1. The number of aromatic nitrogens is 3. The number of aryl methyl sites for hydroxylation is 3. The predicted octanol–water partition coefficient (Wildman–Crippen LogP) is 6.40. The van der Waals surface area contributed by atoms with E-state index in [0.717, 1.165) is 54.7 Å². The summed E-state index contributed by atoms with van der Waals surface area (Å²) in [5, 5.41) is 37.4. The van der Waals surface area contributed by atoms with E-state index in [1.165, 1.54) is 16.7 Å². The Hall–Kier alpha value is -4.18. The molecule has 0 spiro atoms. The average molecular weight is 586 g/mol. The molecule has 43 heavy (non-hydrogen) atoms. The van der Waals surface area contributed by atoms with E-state index in [9.17, 15) is 15.3 Å². The largest absolute Gasteiger partial charge is 3.00 e. The maximum atomic E-state index is 11.5. The Bertz CT molecular complexity index is 1570. The minimum Gasteiger partial charge on any atom is -0.871 e. The van der Waals surface area contributed by atoms with Gasteiger partial charge < -0.3 is 15.3 Å². The maximum Gasteiger partial charge on any atom is 3.00 e. The third-order valence-electron chi connectivity index (χ3n) is 7.03. The van der Waals surface area contributed by atoms with Crippen LogP contribution in [0.2, 0.25) is 0 Å². The van der Waals surface area contributed by atoms with Gasteiger partial charge in [-0.15, -0.1) is 0 Å². The molecule has 3 aromatic carbocycles. The van der Waals surface area contributed by atoms with Crippen LogP contribution in [-0.2, 0) is 19.3 Å². The monoisotopic (exact) mass is 585 g/mol. The minimum atomic E-state index is 0. The topological polar surface area (TPSA) is 108 Å². The molecule has 6 rings (SSSR count). The van der Waals surface area contributed by atoms with Gasteiger partial charge >= 0.3 is 17.4 Å². The summed E-state index contributed by atoms with van der Waals surface area (Å²) in [6.07, 6.45) is 11.3. The van der Waals surface area contributed by atoms with Gasteiger partial charge in [0, 0.05) is 34.7 Å². The quantitative estimate of drug-likeness (QED) is 0.209. The van der Waals surface area contributed by atoms with Crippen LogP contribution in [-0.4, -0.2) is 32.3 Å². The van der Waals surface area contributed by atoms with Crippen molar-refractivity contribution in [2.45, 2.75) is 59.3 Å². The molecule has 0 amide bonds. The zero-order valence-corrected chi connectivity index (χ0v) is 26.2. The van der Waals surface area contributed by atoms with Crippen molar-refractivity contribution >= 4 is 50.1 Å². The van der Waals surface area contributed by atoms with Gasteiger partial charge in [0.25, 0.3) is 0 Å². The van der Waals surface area contributed by atoms with Crippen LogP contribution in [0.5, 0.6) is 17.2 Å². The van der Waals surface area contributed by atoms with Crippen LogP contribution in [0.4, 0.5) is 0 Å². The fraction of sp³-hybridized carbons (Fsp3) is 0.250. The van der Waals surface area contributed by atoms with Crippen molar-refractivity contribution in [1.82, 2.24) is 15.0 Å². The van der Waals surface area contributed by atoms with Gasteiger partial charge in [0.2, 0.25) is 0 Å². The molecule has 0 atom stereocenters. The molecule has 3 heterocycles. The van der Waals surface area contributed by atoms with Crippen LogP contribution in [0.15, 0.2) is 91.4 Å². The Balaban J connectivity index is 0.000000175. The van der Waals surface area contributed by atoms with Crippen molar-refractivity contribution in [1.29, 1.82) is 0 Å². The SMILES string of the molecule is CCCc1ccc([O-])c2ncccc12.CCCc1ccc([O-])c2ncccc12.CCCc1ccc([O-])c2ncccc12.[Al+3]. The van der Waals surface area contributed by atoms with Crippen molar-refractivity contribution in [3.05, 3.63) is 108 Å². The number of fused-ring (bicyclic) bond motifs is 3. The molecule has 3 aromatic heterocycles. The summed E-state index contributed by atoms with van der Waals surface area (Å²) in [5.74, 6) is 0.0429. The van der Waals surface area contributed by atoms with Gasteiger partial charge in [0.05, 0.1) is 16.6 Å². The summed E-state index contributed by atoms with van der Waals surface area (Å²) in [5.41, 5.74) is 5.44. The van der Waals surface area contributed by atoms with Crippen LogP contribution < -0.4 is 15.3 Å². The Morgan fingerprint density at radius 1 is 0.442 bits per heavy atom. The van der Waals surface area contributed by atoms with Crippen LogP contribution in [0, 0.1) is 0 Å². The average Bonchev–Trinajstić information content (AvgIpc) is 3.03. The number of hydrogen-bond donors (Lipinski definition) is 0. The normalized spacial score (nSPS) is 10.4. The van der Waals surface area contributed by atoms with Gasteiger partial charge in [-0.1, -0.05) is 112 Å². The molecule has 0 aliphatic rings. The fourth-order valence-electron chi connectivity index (χ4n) is 5.08. The number of nitrogens with zero attached hydrogens (tertiary/aromatic N) is 3. The summed E-state index contributed by atoms with van der Waals surface area (Å²) >= 11 is 0. The Labute approximate surface area is 264 Å². The Morgan fingerprint density at radius 3 is 0.977 bits per heavy atom. The first-order valence-electron chi connectivity index (χ1n) is 14.6. The molecule has 6 nitrogen and oxygen atoms in total. The molecule has 6 aromatic rings. The molecule has 0 radical (unpaired) electrons. The second kappa shape index (κ2) is 16.5. The summed E-state index contributed by atoms with van der Waals surface area (Å²) in [4.78, 5) is 12.3. The van der Waals surface area contributed by atoms with Crippen LogP contribution in [0.25, 0.3) is 32.7 Å². The molecule has 0 saturated heterocycles. The fourth-order valence-corrected chi connectivity index (χ4v) is 5.08. The third-order valence-corrected chi connectivity index (χ3v) is 7.03. The van der Waals surface area contributed by atoms with E-state index in [2.05, 4.69) is 35.7 Å². The summed E-state index contributed by atoms with van der Waals surface area (Å²) in [7, 11) is 0. The van der Waals surface area contributed by atoms with E-state index in [0.29, 0.717) is 16.6 Å². The first-order valence-corrected chi connectivity index (χ1v) is 14.6. The zero-order valence-electron chi connectivity index (χ0n) is 25.0. The molecule has 0 N–H and O–H groups in total. The summed E-state index contributed by atoms with van der Waals surface area (Å²) in [6, 6.07) is 22.1. The molecule has 0 unspecified atom stereocenters. The zero-order chi connectivity index (χ0) is 29.9. The first kappa shape index (κ1) is 33.3. The molecule has 0 bridgehead atoms. The molecule has 0 aliphatic heterocycles. The van der Waals surface area contributed by atoms with Gasteiger partial charge in [-0.3, -0.25) is 15.0 Å². The van der Waals surface area contributed by atoms with Crippen LogP contribution >= 0.6 is 0 Å². The third kappa shape index (κ3) is 8.22. The van der Waals surface area contributed by atoms with Gasteiger partial charge in [-0.25, -0.2) is 0 Å². The van der Waals surface area contributed by atoms with Crippen molar-refractivity contribution in [3.8, 4) is 17.2 Å². The van der Waals surface area contributed by atoms with Gasteiger partial charge in [-0.2, -0.15) is 0 Å². The van der Waals surface area contributed by atoms with Crippen LogP contribution in [0.1, 0.15) is 56.7 Å². The van der Waals surface area contributed by atoms with Crippen molar-refractivity contribution < 1.29 is 15.3 Å². The molecular weight excluding hydrogens is 549 g/mol. The van der Waals surface area contributed by atoms with E-state index >= 15 is 0 Å². The van der Waals surface area contributed by atoms with Crippen molar-refractivity contribution in [2.75, 3.05) is 0 Å².